The lowest BCUT2D eigenvalue weighted by atomic mass is 10.1. The molecule has 0 fully saturated rings. The van der Waals surface area contributed by atoms with Gasteiger partial charge >= 0.3 is 5.97 Å². The van der Waals surface area contributed by atoms with Crippen LogP contribution in [0.25, 0.3) is 0 Å². The number of sulfonamides is 1. The molecule has 9 heteroatoms. The second-order valence-corrected chi connectivity index (χ2v) is 11.4. The van der Waals surface area contributed by atoms with E-state index in [-0.39, 0.29) is 21.8 Å². The Bertz CT molecular complexity index is 1380. The highest BCUT2D eigenvalue weighted by Gasteiger charge is 2.25. The summed E-state index contributed by atoms with van der Waals surface area (Å²) in [5, 5.41) is 2.60. The van der Waals surface area contributed by atoms with E-state index in [0.717, 1.165) is 16.0 Å². The molecule has 1 unspecified atom stereocenters. The average Bonchev–Trinajstić information content (AvgIpc) is 2.81. The van der Waals surface area contributed by atoms with Crippen molar-refractivity contribution >= 4 is 45.0 Å². The highest BCUT2D eigenvalue weighted by Crippen LogP contribution is 2.36. The van der Waals surface area contributed by atoms with Crippen molar-refractivity contribution in [1.82, 2.24) is 0 Å². The van der Waals surface area contributed by atoms with Crippen LogP contribution in [0.3, 0.4) is 0 Å². The van der Waals surface area contributed by atoms with E-state index in [1.54, 1.807) is 48.5 Å². The summed E-state index contributed by atoms with van der Waals surface area (Å²) in [6, 6.07) is 16.3. The topological polar surface area (TPSA) is 92.8 Å². The van der Waals surface area contributed by atoms with Crippen molar-refractivity contribution in [2.24, 2.45) is 0 Å². The van der Waals surface area contributed by atoms with Crippen LogP contribution in [0.15, 0.2) is 70.5 Å². The van der Waals surface area contributed by atoms with Crippen molar-refractivity contribution in [2.45, 2.75) is 35.8 Å². The summed E-state index contributed by atoms with van der Waals surface area (Å²) < 4.78 is 32.7. The third-order valence-corrected chi connectivity index (χ3v) is 8.65. The lowest BCUT2D eigenvalue weighted by Crippen LogP contribution is -2.26. The fourth-order valence-corrected chi connectivity index (χ4v) is 5.61. The Kier molecular flexibility index (Phi) is 6.42. The van der Waals surface area contributed by atoms with Crippen LogP contribution in [0.2, 0.25) is 0 Å². The molecule has 0 saturated carbocycles. The van der Waals surface area contributed by atoms with Crippen LogP contribution in [0.4, 0.5) is 11.4 Å². The summed E-state index contributed by atoms with van der Waals surface area (Å²) in [6.07, 6.45) is 0. The molecule has 1 heterocycles. The molecule has 4 rings (SSSR count). The Balaban J connectivity index is 1.48. The van der Waals surface area contributed by atoms with Gasteiger partial charge in [0.05, 0.1) is 27.1 Å². The third-order valence-electron chi connectivity index (χ3n) is 5.69. The first-order valence-corrected chi connectivity index (χ1v) is 12.9. The van der Waals surface area contributed by atoms with Crippen molar-refractivity contribution in [3.63, 3.8) is 0 Å². The average molecular weight is 497 g/mol. The molecule has 0 aliphatic carbocycles. The molecule has 1 atom stereocenters. The lowest BCUT2D eigenvalue weighted by molar-refractivity contribution is -0.115. The number of carbonyl (C=O) groups excluding carboxylic acids is 2. The van der Waals surface area contributed by atoms with Gasteiger partial charge in [-0.05, 0) is 86.5 Å². The monoisotopic (exact) mass is 496 g/mol. The summed E-state index contributed by atoms with van der Waals surface area (Å²) in [6.45, 7) is 5.61. The number of ether oxygens (including phenoxy) is 1. The quantitative estimate of drug-likeness (QED) is 0.404. The van der Waals surface area contributed by atoms with E-state index in [1.165, 1.54) is 35.2 Å². The molecule has 0 radical (unpaired) electrons. The number of thioether (sulfide) groups is 1. The number of esters is 1. The third kappa shape index (κ3) is 4.67. The molecule has 0 saturated heterocycles. The van der Waals surface area contributed by atoms with Crippen LogP contribution in [0.1, 0.15) is 28.4 Å². The number of nitrogens with one attached hydrogen (secondary N) is 1. The van der Waals surface area contributed by atoms with E-state index in [1.807, 2.05) is 20.8 Å². The van der Waals surface area contributed by atoms with E-state index in [4.69, 9.17) is 4.74 Å². The van der Waals surface area contributed by atoms with E-state index in [2.05, 4.69) is 5.32 Å². The zero-order chi connectivity index (χ0) is 24.6. The second-order valence-electron chi connectivity index (χ2n) is 8.06. The van der Waals surface area contributed by atoms with Gasteiger partial charge in [-0.2, -0.15) is 0 Å². The van der Waals surface area contributed by atoms with Crippen LogP contribution in [0, 0.1) is 13.8 Å². The molecule has 1 amide bonds. The van der Waals surface area contributed by atoms with Crippen LogP contribution in [0.5, 0.6) is 5.75 Å². The summed E-state index contributed by atoms with van der Waals surface area (Å²) in [4.78, 5) is 25.6. The molecular weight excluding hydrogens is 472 g/mol. The molecule has 176 valence electrons. The van der Waals surface area contributed by atoms with Crippen LogP contribution < -0.4 is 14.4 Å². The van der Waals surface area contributed by atoms with Gasteiger partial charge in [0.2, 0.25) is 5.91 Å². The second kappa shape index (κ2) is 9.15. The number of rotatable bonds is 5. The molecule has 7 nitrogen and oxygen atoms in total. The Morgan fingerprint density at radius 1 is 1.00 bits per heavy atom. The van der Waals surface area contributed by atoms with Crippen molar-refractivity contribution in [3.05, 3.63) is 77.4 Å². The molecule has 3 aromatic carbocycles. The van der Waals surface area contributed by atoms with Gasteiger partial charge in [0, 0.05) is 11.9 Å². The summed E-state index contributed by atoms with van der Waals surface area (Å²) in [5.74, 6) is -0.418. The highest BCUT2D eigenvalue weighted by atomic mass is 32.2. The summed E-state index contributed by atoms with van der Waals surface area (Å²) in [5.41, 5.74) is 3.22. The minimum atomic E-state index is -3.74. The van der Waals surface area contributed by atoms with Crippen molar-refractivity contribution in [2.75, 3.05) is 16.7 Å². The zero-order valence-electron chi connectivity index (χ0n) is 19.2. The molecule has 1 aliphatic heterocycles. The fraction of sp³-hybridized carbons (Fsp3) is 0.200. The predicted molar refractivity (Wildman–Crippen MR) is 133 cm³/mol. The Hall–Kier alpha value is -3.30. The zero-order valence-corrected chi connectivity index (χ0v) is 20.8. The number of hydrogen-bond acceptors (Lipinski definition) is 6. The Morgan fingerprint density at radius 3 is 2.38 bits per heavy atom. The van der Waals surface area contributed by atoms with Gasteiger partial charge in [-0.3, -0.25) is 9.10 Å². The Labute approximate surface area is 203 Å². The maximum absolute atomic E-state index is 13.0. The molecule has 1 aliphatic rings. The first-order valence-electron chi connectivity index (χ1n) is 10.6. The normalized spacial score (nSPS) is 15.3. The minimum absolute atomic E-state index is 0.113. The van der Waals surface area contributed by atoms with E-state index >= 15 is 0 Å². The predicted octanol–water partition coefficient (Wildman–Crippen LogP) is 4.78. The molecule has 34 heavy (non-hydrogen) atoms. The van der Waals surface area contributed by atoms with Gasteiger partial charge in [-0.25, -0.2) is 13.2 Å². The minimum Gasteiger partial charge on any atom is -0.423 e. The Morgan fingerprint density at radius 2 is 1.71 bits per heavy atom. The van der Waals surface area contributed by atoms with Gasteiger partial charge in [0.25, 0.3) is 10.0 Å². The standard InChI is InChI=1S/C25H24N2O5S2/c1-15-5-11-21(13-16(15)2)34(30,31)27(4)19-7-9-20(10-8-19)32-25(29)18-6-12-23-22(14-18)26-24(28)17(3)33-23/h5-14,17H,1-4H3,(H,26,28). The number of nitrogens with zero attached hydrogens (tertiary/aromatic N) is 1. The van der Waals surface area contributed by atoms with E-state index in [9.17, 15) is 18.0 Å². The number of amides is 1. The maximum Gasteiger partial charge on any atom is 0.343 e. The number of hydrogen-bond donors (Lipinski definition) is 1. The molecule has 0 aromatic heterocycles. The van der Waals surface area contributed by atoms with Crippen LogP contribution in [-0.2, 0) is 14.8 Å². The first kappa shape index (κ1) is 23.8. The molecule has 3 aromatic rings. The number of anilines is 2. The molecule has 0 bridgehead atoms. The van der Waals surface area contributed by atoms with Crippen molar-refractivity contribution in [1.29, 1.82) is 0 Å². The van der Waals surface area contributed by atoms with Gasteiger partial charge < -0.3 is 10.1 Å². The van der Waals surface area contributed by atoms with E-state index < -0.39 is 16.0 Å². The lowest BCUT2D eigenvalue weighted by Gasteiger charge is -2.21. The van der Waals surface area contributed by atoms with Crippen molar-refractivity contribution in [3.8, 4) is 5.75 Å². The van der Waals surface area contributed by atoms with E-state index in [0.29, 0.717) is 16.9 Å². The highest BCUT2D eigenvalue weighted by molar-refractivity contribution is 8.01. The molecule has 0 spiro atoms. The number of carbonyl (C=O) groups is 2. The van der Waals surface area contributed by atoms with Gasteiger partial charge in [0.15, 0.2) is 0 Å². The van der Waals surface area contributed by atoms with Crippen LogP contribution in [-0.4, -0.2) is 32.6 Å². The van der Waals surface area contributed by atoms with Gasteiger partial charge in [0.1, 0.15) is 5.75 Å². The first-order chi connectivity index (χ1) is 16.1. The SMILES string of the molecule is Cc1ccc(S(=O)(=O)N(C)c2ccc(OC(=O)c3ccc4c(c3)NC(=O)C(C)S4)cc2)cc1C. The largest absolute Gasteiger partial charge is 0.423 e. The van der Waals surface area contributed by atoms with Gasteiger partial charge in [-0.15, -0.1) is 11.8 Å². The number of benzene rings is 3. The molecular formula is C25H24N2O5S2. The summed E-state index contributed by atoms with van der Waals surface area (Å²) >= 11 is 1.43. The van der Waals surface area contributed by atoms with Crippen LogP contribution >= 0.6 is 11.8 Å². The summed E-state index contributed by atoms with van der Waals surface area (Å²) in [7, 11) is -2.26. The fourth-order valence-electron chi connectivity index (χ4n) is 3.40. The smallest absolute Gasteiger partial charge is 0.343 e. The number of fused-ring (bicyclic) bond motifs is 1. The maximum atomic E-state index is 13.0. The van der Waals surface area contributed by atoms with Crippen molar-refractivity contribution < 1.29 is 22.7 Å². The number of aryl methyl sites for hydroxylation is 2. The molecule has 1 N–H and O–H groups in total. The van der Waals surface area contributed by atoms with Gasteiger partial charge in [-0.1, -0.05) is 6.07 Å².